The van der Waals surface area contributed by atoms with Crippen molar-refractivity contribution < 1.29 is 14.3 Å². The van der Waals surface area contributed by atoms with E-state index >= 15 is 0 Å². The van der Waals surface area contributed by atoms with Crippen LogP contribution in [0.5, 0.6) is 0 Å². The van der Waals surface area contributed by atoms with Gasteiger partial charge in [0.25, 0.3) is 11.8 Å². The Bertz CT molecular complexity index is 715. The average molecular weight is 371 g/mol. The lowest BCUT2D eigenvalue weighted by atomic mass is 10.0. The van der Waals surface area contributed by atoms with Crippen LogP contribution in [0.4, 0.5) is 11.4 Å². The molecule has 1 aromatic carbocycles. The maximum Gasteiger partial charge on any atom is 0.256 e. The molecule has 4 rings (SSSR count). The third-order valence-corrected chi connectivity index (χ3v) is 6.02. The molecule has 3 saturated heterocycles. The van der Waals surface area contributed by atoms with Gasteiger partial charge in [-0.1, -0.05) is 0 Å². The predicted octanol–water partition coefficient (Wildman–Crippen LogP) is 3.03. The van der Waals surface area contributed by atoms with Crippen LogP contribution in [0, 0.1) is 0 Å². The molecule has 3 aliphatic rings. The first kappa shape index (κ1) is 18.3. The Morgan fingerprint density at radius 1 is 1.04 bits per heavy atom. The zero-order valence-electron chi connectivity index (χ0n) is 16.1. The number of ether oxygens (including phenoxy) is 1. The van der Waals surface area contributed by atoms with Gasteiger partial charge in [-0.3, -0.25) is 9.59 Å². The van der Waals surface area contributed by atoms with Gasteiger partial charge in [-0.15, -0.1) is 0 Å². The number of hydrogen-bond acceptors (Lipinski definition) is 4. The summed E-state index contributed by atoms with van der Waals surface area (Å²) >= 11 is 0. The molecule has 0 aliphatic carbocycles. The van der Waals surface area contributed by atoms with Crippen molar-refractivity contribution >= 4 is 23.2 Å². The second kappa shape index (κ2) is 7.50. The maximum atomic E-state index is 13.1. The van der Waals surface area contributed by atoms with Crippen LogP contribution in [0.2, 0.25) is 0 Å². The lowest BCUT2D eigenvalue weighted by Gasteiger charge is -2.25. The van der Waals surface area contributed by atoms with Gasteiger partial charge in [-0.2, -0.15) is 0 Å². The molecule has 3 heterocycles. The van der Waals surface area contributed by atoms with E-state index in [0.717, 1.165) is 70.4 Å². The zero-order valence-corrected chi connectivity index (χ0v) is 16.1. The van der Waals surface area contributed by atoms with Crippen LogP contribution in [0.3, 0.4) is 0 Å². The summed E-state index contributed by atoms with van der Waals surface area (Å²) < 4.78 is 5.64. The summed E-state index contributed by atoms with van der Waals surface area (Å²) in [7, 11) is 0. The van der Waals surface area contributed by atoms with Crippen LogP contribution >= 0.6 is 0 Å². The summed E-state index contributed by atoms with van der Waals surface area (Å²) in [5, 5.41) is 2.97. The first-order chi connectivity index (χ1) is 13.1. The Labute approximate surface area is 160 Å². The quantitative estimate of drug-likeness (QED) is 0.884. The number of benzene rings is 1. The minimum Gasteiger partial charge on any atom is -0.371 e. The highest BCUT2D eigenvalue weighted by Crippen LogP contribution is 2.31. The molecule has 0 bridgehead atoms. The largest absolute Gasteiger partial charge is 0.371 e. The van der Waals surface area contributed by atoms with Gasteiger partial charge in [0.2, 0.25) is 0 Å². The van der Waals surface area contributed by atoms with Crippen molar-refractivity contribution in [1.82, 2.24) is 4.90 Å². The van der Waals surface area contributed by atoms with Gasteiger partial charge in [0.05, 0.1) is 5.56 Å². The highest BCUT2D eigenvalue weighted by Gasteiger charge is 2.38. The van der Waals surface area contributed by atoms with Crippen LogP contribution in [0.15, 0.2) is 18.2 Å². The van der Waals surface area contributed by atoms with Gasteiger partial charge in [0.1, 0.15) is 5.60 Å². The van der Waals surface area contributed by atoms with Crippen molar-refractivity contribution in [2.45, 2.75) is 51.0 Å². The van der Waals surface area contributed by atoms with Crippen LogP contribution in [-0.4, -0.2) is 55.1 Å². The smallest absolute Gasteiger partial charge is 0.256 e. The van der Waals surface area contributed by atoms with E-state index in [1.807, 2.05) is 30.0 Å². The van der Waals surface area contributed by atoms with Crippen molar-refractivity contribution in [3.8, 4) is 0 Å². The van der Waals surface area contributed by atoms with Crippen molar-refractivity contribution in [3.63, 3.8) is 0 Å². The standard InChI is InChI=1S/C21H29N3O3/c1-21(9-6-14-27-21)20(26)22-16-7-8-18(23-10-2-3-11-23)17(15-16)19(25)24-12-4-5-13-24/h7-8,15H,2-6,9-14H2,1H3,(H,22,26). The molecule has 27 heavy (non-hydrogen) atoms. The molecule has 146 valence electrons. The van der Waals surface area contributed by atoms with Crippen LogP contribution in [0.25, 0.3) is 0 Å². The first-order valence-corrected chi connectivity index (χ1v) is 10.2. The summed E-state index contributed by atoms with van der Waals surface area (Å²) in [5.41, 5.74) is 1.59. The van der Waals surface area contributed by atoms with Crippen LogP contribution < -0.4 is 10.2 Å². The Balaban J connectivity index is 1.60. The predicted molar refractivity (Wildman–Crippen MR) is 105 cm³/mol. The molecule has 0 spiro atoms. The summed E-state index contributed by atoms with van der Waals surface area (Å²) in [5.74, 6) is -0.0534. The number of nitrogens with one attached hydrogen (secondary N) is 1. The highest BCUT2D eigenvalue weighted by atomic mass is 16.5. The number of carbonyl (C=O) groups excluding carboxylic acids is 2. The lowest BCUT2D eigenvalue weighted by molar-refractivity contribution is -0.133. The van der Waals surface area contributed by atoms with E-state index in [-0.39, 0.29) is 11.8 Å². The van der Waals surface area contributed by atoms with Gasteiger partial charge in [0.15, 0.2) is 0 Å². The molecule has 6 nitrogen and oxygen atoms in total. The molecular formula is C21H29N3O3. The van der Waals surface area contributed by atoms with Crippen molar-refractivity contribution in [1.29, 1.82) is 0 Å². The number of nitrogens with zero attached hydrogens (tertiary/aromatic N) is 2. The van der Waals surface area contributed by atoms with Gasteiger partial charge in [0, 0.05) is 44.2 Å². The van der Waals surface area contributed by atoms with E-state index in [9.17, 15) is 9.59 Å². The maximum absolute atomic E-state index is 13.1. The summed E-state index contributed by atoms with van der Waals surface area (Å²) in [6.45, 7) is 6.07. The molecule has 3 fully saturated rings. The van der Waals surface area contributed by atoms with Gasteiger partial charge in [-0.05, 0) is 63.6 Å². The molecular weight excluding hydrogens is 342 g/mol. The van der Waals surface area contributed by atoms with Gasteiger partial charge in [-0.25, -0.2) is 0 Å². The molecule has 0 saturated carbocycles. The van der Waals surface area contributed by atoms with Crippen LogP contribution in [-0.2, 0) is 9.53 Å². The SMILES string of the molecule is CC1(C(=O)Nc2ccc(N3CCCC3)c(C(=O)N3CCCC3)c2)CCCO1. The number of rotatable bonds is 4. The lowest BCUT2D eigenvalue weighted by Crippen LogP contribution is -2.39. The normalized spacial score (nSPS) is 25.2. The van der Waals surface area contributed by atoms with Gasteiger partial charge < -0.3 is 19.9 Å². The van der Waals surface area contributed by atoms with Gasteiger partial charge >= 0.3 is 0 Å². The van der Waals surface area contributed by atoms with E-state index < -0.39 is 5.60 Å². The topological polar surface area (TPSA) is 61.9 Å². The Hall–Kier alpha value is -2.08. The minimum absolute atomic E-state index is 0.0776. The second-order valence-electron chi connectivity index (χ2n) is 8.06. The Morgan fingerprint density at radius 3 is 2.41 bits per heavy atom. The minimum atomic E-state index is -0.771. The number of hydrogen-bond donors (Lipinski definition) is 1. The third kappa shape index (κ3) is 3.68. The third-order valence-electron chi connectivity index (χ3n) is 6.02. The highest BCUT2D eigenvalue weighted by molar-refractivity contribution is 6.03. The monoisotopic (exact) mass is 371 g/mol. The molecule has 0 radical (unpaired) electrons. The molecule has 0 aromatic heterocycles. The van der Waals surface area contributed by atoms with E-state index in [0.29, 0.717) is 17.9 Å². The first-order valence-electron chi connectivity index (χ1n) is 10.2. The molecule has 1 atom stereocenters. The molecule has 1 aromatic rings. The fourth-order valence-electron chi connectivity index (χ4n) is 4.33. The molecule has 2 amide bonds. The van der Waals surface area contributed by atoms with Crippen molar-refractivity contribution in [2.75, 3.05) is 43.0 Å². The van der Waals surface area contributed by atoms with Crippen LogP contribution in [0.1, 0.15) is 55.8 Å². The van der Waals surface area contributed by atoms with E-state index in [1.165, 1.54) is 0 Å². The Morgan fingerprint density at radius 2 is 1.74 bits per heavy atom. The number of carbonyl (C=O) groups is 2. The molecule has 3 aliphatic heterocycles. The number of likely N-dealkylation sites (tertiary alicyclic amines) is 1. The number of amides is 2. The fraction of sp³-hybridized carbons (Fsp3) is 0.619. The second-order valence-corrected chi connectivity index (χ2v) is 8.06. The average Bonchev–Trinajstić information content (AvgIpc) is 3.43. The van der Waals surface area contributed by atoms with Crippen molar-refractivity contribution in [3.05, 3.63) is 23.8 Å². The molecule has 1 N–H and O–H groups in total. The van der Waals surface area contributed by atoms with E-state index in [4.69, 9.17) is 4.74 Å². The van der Waals surface area contributed by atoms with E-state index in [1.54, 1.807) is 0 Å². The molecule has 6 heteroatoms. The fourth-order valence-corrected chi connectivity index (χ4v) is 4.33. The summed E-state index contributed by atoms with van der Waals surface area (Å²) in [4.78, 5) is 30.0. The number of anilines is 2. The summed E-state index contributed by atoms with van der Waals surface area (Å²) in [6, 6.07) is 5.75. The van der Waals surface area contributed by atoms with E-state index in [2.05, 4.69) is 10.2 Å². The molecule has 1 unspecified atom stereocenters. The summed E-state index contributed by atoms with van der Waals surface area (Å²) in [6.07, 6.45) is 6.08. The van der Waals surface area contributed by atoms with Crippen molar-refractivity contribution in [2.24, 2.45) is 0 Å². The zero-order chi connectivity index (χ0) is 18.9. The Kier molecular flexibility index (Phi) is 5.08.